The molecule has 0 spiro atoms. The Bertz CT molecular complexity index is 544. The Morgan fingerprint density at radius 3 is 2.74 bits per heavy atom. The van der Waals surface area contributed by atoms with Gasteiger partial charge in [-0.05, 0) is 18.6 Å². The third-order valence-electron chi connectivity index (χ3n) is 2.38. The molecule has 0 amide bonds. The molecule has 0 aromatic heterocycles. The van der Waals surface area contributed by atoms with Crippen LogP contribution in [-0.4, -0.2) is 26.7 Å². The van der Waals surface area contributed by atoms with E-state index in [4.69, 9.17) is 17.3 Å². The Balaban J connectivity index is 3.06. The smallest absolute Gasteiger partial charge is 0.242 e. The summed E-state index contributed by atoms with van der Waals surface area (Å²) >= 11 is 5.55. The topological polar surface area (TPSA) is 84.5 Å². The van der Waals surface area contributed by atoms with Gasteiger partial charge in [-0.25, -0.2) is 18.1 Å². The number of amidine groups is 1. The predicted octanol–water partition coefficient (Wildman–Crippen LogP) is 1.99. The molecule has 0 aliphatic rings. The van der Waals surface area contributed by atoms with Gasteiger partial charge in [0.1, 0.15) is 10.7 Å². The van der Waals surface area contributed by atoms with Crippen LogP contribution in [0.1, 0.15) is 19.8 Å². The Morgan fingerprint density at radius 1 is 1.42 bits per heavy atom. The zero-order chi connectivity index (χ0) is 14.3. The van der Waals surface area contributed by atoms with E-state index in [1.54, 1.807) is 18.2 Å². The number of nitrogens with two attached hydrogens (primary N) is 1. The zero-order valence-electron chi connectivity index (χ0n) is 10.8. The van der Waals surface area contributed by atoms with Crippen LogP contribution in [0.5, 0.6) is 0 Å². The summed E-state index contributed by atoms with van der Waals surface area (Å²) in [6, 6.07) is 6.43. The van der Waals surface area contributed by atoms with E-state index in [0.29, 0.717) is 12.2 Å². The maximum Gasteiger partial charge on any atom is 0.242 e. The summed E-state index contributed by atoms with van der Waals surface area (Å²) in [4.78, 5) is 4.13. The first-order valence-corrected chi connectivity index (χ1v) is 8.00. The minimum absolute atomic E-state index is 0.0532. The van der Waals surface area contributed by atoms with E-state index in [2.05, 4.69) is 9.71 Å². The van der Waals surface area contributed by atoms with E-state index in [1.165, 1.54) is 6.07 Å². The molecule has 0 atom stereocenters. The van der Waals surface area contributed by atoms with E-state index in [0.717, 1.165) is 12.8 Å². The van der Waals surface area contributed by atoms with Gasteiger partial charge in [-0.1, -0.05) is 25.5 Å². The highest BCUT2D eigenvalue weighted by Crippen LogP contribution is 2.23. The van der Waals surface area contributed by atoms with E-state index < -0.39 is 10.0 Å². The summed E-state index contributed by atoms with van der Waals surface area (Å²) in [6.07, 6.45) is 1.70. The number of halogens is 1. The first-order valence-electron chi connectivity index (χ1n) is 5.99. The molecule has 3 N–H and O–H groups in total. The fraction of sp³-hybridized carbons (Fsp3) is 0.417. The molecule has 0 aliphatic carbocycles. The molecule has 0 saturated carbocycles. The zero-order valence-corrected chi connectivity index (χ0v) is 12.3. The number of aliphatic imine (C=N–C) groups is 1. The number of alkyl halides is 1. The number of nitrogens with zero attached hydrogens (tertiary/aromatic N) is 1. The van der Waals surface area contributed by atoms with E-state index in [-0.39, 0.29) is 16.6 Å². The Labute approximate surface area is 118 Å². The second-order valence-electron chi connectivity index (χ2n) is 3.96. The molecule has 0 heterocycles. The molecule has 0 aliphatic heterocycles. The SMILES string of the molecule is CCCCNS(=O)(=O)c1ccccc1N=C(N)CCl. The second kappa shape index (κ2) is 7.47. The number of para-hydroxylation sites is 1. The van der Waals surface area contributed by atoms with Crippen molar-refractivity contribution in [1.29, 1.82) is 0 Å². The first-order chi connectivity index (χ1) is 9.01. The third kappa shape index (κ3) is 4.81. The van der Waals surface area contributed by atoms with Crippen molar-refractivity contribution >= 4 is 33.1 Å². The largest absolute Gasteiger partial charge is 0.386 e. The number of benzene rings is 1. The van der Waals surface area contributed by atoms with Crippen LogP contribution in [0.2, 0.25) is 0 Å². The number of unbranched alkanes of at least 4 members (excludes halogenated alkanes) is 1. The van der Waals surface area contributed by atoms with Gasteiger partial charge >= 0.3 is 0 Å². The fourth-order valence-corrected chi connectivity index (χ4v) is 2.70. The van der Waals surface area contributed by atoms with Gasteiger partial charge in [0.05, 0.1) is 11.6 Å². The van der Waals surface area contributed by atoms with Crippen molar-refractivity contribution in [3.05, 3.63) is 24.3 Å². The monoisotopic (exact) mass is 303 g/mol. The van der Waals surface area contributed by atoms with Gasteiger partial charge in [0, 0.05) is 6.54 Å². The minimum Gasteiger partial charge on any atom is -0.386 e. The van der Waals surface area contributed by atoms with Gasteiger partial charge in [0.2, 0.25) is 10.0 Å². The summed E-state index contributed by atoms with van der Waals surface area (Å²) < 4.78 is 26.8. The molecular weight excluding hydrogens is 286 g/mol. The van der Waals surface area contributed by atoms with E-state index >= 15 is 0 Å². The standard InChI is InChI=1S/C12H18ClN3O2S/c1-2-3-8-15-19(17,18)11-7-5-4-6-10(11)16-12(14)9-13/h4-7,15H,2-3,8-9H2,1H3,(H2,14,16). The van der Waals surface area contributed by atoms with Crippen LogP contribution >= 0.6 is 11.6 Å². The molecule has 7 heteroatoms. The molecule has 0 radical (unpaired) electrons. The van der Waals surface area contributed by atoms with Gasteiger partial charge in [-0.3, -0.25) is 0 Å². The molecule has 1 rings (SSSR count). The number of sulfonamides is 1. The van der Waals surface area contributed by atoms with Gasteiger partial charge in [0.15, 0.2) is 0 Å². The quantitative estimate of drug-likeness (QED) is 0.350. The van der Waals surface area contributed by atoms with Crippen molar-refractivity contribution in [3.63, 3.8) is 0 Å². The van der Waals surface area contributed by atoms with Crippen molar-refractivity contribution in [1.82, 2.24) is 4.72 Å². The van der Waals surface area contributed by atoms with Crippen molar-refractivity contribution in [2.75, 3.05) is 12.4 Å². The van der Waals surface area contributed by atoms with Crippen LogP contribution in [0.4, 0.5) is 5.69 Å². The molecule has 19 heavy (non-hydrogen) atoms. The number of rotatable bonds is 7. The Kier molecular flexibility index (Phi) is 6.27. The highest BCUT2D eigenvalue weighted by Gasteiger charge is 2.17. The predicted molar refractivity (Wildman–Crippen MR) is 78.5 cm³/mol. The van der Waals surface area contributed by atoms with E-state index in [1.807, 2.05) is 6.92 Å². The molecule has 0 bridgehead atoms. The van der Waals surface area contributed by atoms with Crippen LogP contribution in [-0.2, 0) is 10.0 Å². The fourth-order valence-electron chi connectivity index (χ4n) is 1.42. The van der Waals surface area contributed by atoms with Gasteiger partial charge < -0.3 is 5.73 Å². The highest BCUT2D eigenvalue weighted by molar-refractivity contribution is 7.89. The lowest BCUT2D eigenvalue weighted by molar-refractivity contribution is 0.578. The van der Waals surface area contributed by atoms with Crippen LogP contribution in [0.3, 0.4) is 0 Å². The summed E-state index contributed by atoms with van der Waals surface area (Å²) in [5.74, 6) is 0.232. The number of hydrogen-bond donors (Lipinski definition) is 2. The van der Waals surface area contributed by atoms with Crippen molar-refractivity contribution in [2.45, 2.75) is 24.7 Å². The van der Waals surface area contributed by atoms with Crippen LogP contribution in [0.15, 0.2) is 34.2 Å². The third-order valence-corrected chi connectivity index (χ3v) is 4.16. The lowest BCUT2D eigenvalue weighted by Gasteiger charge is -2.09. The maximum atomic E-state index is 12.1. The molecule has 1 aromatic rings. The normalized spacial score (nSPS) is 12.6. The van der Waals surface area contributed by atoms with Crippen LogP contribution < -0.4 is 10.5 Å². The van der Waals surface area contributed by atoms with Crippen molar-refractivity contribution in [3.8, 4) is 0 Å². The molecule has 106 valence electrons. The van der Waals surface area contributed by atoms with Crippen LogP contribution in [0.25, 0.3) is 0 Å². The van der Waals surface area contributed by atoms with Gasteiger partial charge in [-0.2, -0.15) is 0 Å². The van der Waals surface area contributed by atoms with Crippen molar-refractivity contribution < 1.29 is 8.42 Å². The van der Waals surface area contributed by atoms with Crippen LogP contribution in [0, 0.1) is 0 Å². The summed E-state index contributed by atoms with van der Waals surface area (Å²) in [7, 11) is -3.57. The lowest BCUT2D eigenvalue weighted by Crippen LogP contribution is -2.25. The average Bonchev–Trinajstić information content (AvgIpc) is 2.39. The Morgan fingerprint density at radius 2 is 2.11 bits per heavy atom. The highest BCUT2D eigenvalue weighted by atomic mass is 35.5. The molecule has 0 fully saturated rings. The maximum absolute atomic E-state index is 12.1. The summed E-state index contributed by atoms with van der Waals surface area (Å²) in [5.41, 5.74) is 5.84. The Hall–Kier alpha value is -1.11. The first kappa shape index (κ1) is 15.9. The van der Waals surface area contributed by atoms with Crippen molar-refractivity contribution in [2.24, 2.45) is 10.7 Å². The molecule has 0 saturated heterocycles. The average molecular weight is 304 g/mol. The van der Waals surface area contributed by atoms with Gasteiger partial charge in [-0.15, -0.1) is 11.6 Å². The minimum atomic E-state index is -3.57. The molecule has 5 nitrogen and oxygen atoms in total. The lowest BCUT2D eigenvalue weighted by atomic mass is 10.3. The molecule has 1 aromatic carbocycles. The van der Waals surface area contributed by atoms with Gasteiger partial charge in [0.25, 0.3) is 0 Å². The van der Waals surface area contributed by atoms with E-state index in [9.17, 15) is 8.42 Å². The number of hydrogen-bond acceptors (Lipinski definition) is 3. The second-order valence-corrected chi connectivity index (χ2v) is 5.96. The summed E-state index contributed by atoms with van der Waals surface area (Å²) in [6.45, 7) is 2.40. The number of nitrogens with one attached hydrogen (secondary N) is 1. The molecular formula is C12H18ClN3O2S. The molecule has 0 unspecified atom stereocenters. The summed E-state index contributed by atoms with van der Waals surface area (Å²) in [5, 5.41) is 0.